The second-order valence-electron chi connectivity index (χ2n) is 6.01. The van der Waals surface area contributed by atoms with Crippen LogP contribution < -0.4 is 0 Å². The number of carbonyl (C=O) groups is 1. The molecule has 0 saturated carbocycles. The second-order valence-corrected chi connectivity index (χ2v) is 6.01. The predicted octanol–water partition coefficient (Wildman–Crippen LogP) is 1.18. The Labute approximate surface area is 141 Å². The molecule has 0 aromatic carbocycles. The van der Waals surface area contributed by atoms with Gasteiger partial charge >= 0.3 is 0 Å². The van der Waals surface area contributed by atoms with Gasteiger partial charge in [0.25, 0.3) is 5.91 Å². The topological polar surface area (TPSA) is 69.6 Å². The van der Waals surface area contributed by atoms with Crippen LogP contribution in [0.1, 0.15) is 22.8 Å². The molecule has 3 heterocycles. The largest absolute Gasteiger partial charge is 0.390 e. The van der Waals surface area contributed by atoms with Crippen LogP contribution >= 0.6 is 0 Å². The average molecular weight is 326 g/mol. The van der Waals surface area contributed by atoms with Crippen molar-refractivity contribution in [1.29, 1.82) is 0 Å². The fourth-order valence-electron chi connectivity index (χ4n) is 3.15. The summed E-state index contributed by atoms with van der Waals surface area (Å²) in [7, 11) is 0. The summed E-state index contributed by atoms with van der Waals surface area (Å²) in [6, 6.07) is 7.39. The van der Waals surface area contributed by atoms with Gasteiger partial charge in [0.1, 0.15) is 0 Å². The molecule has 24 heavy (non-hydrogen) atoms. The number of likely N-dealkylation sites (N-methyl/N-ethyl adjacent to an activating group) is 1. The highest BCUT2D eigenvalue weighted by Gasteiger charge is 2.37. The number of β-amino-alcohol motifs (C(OH)–C–C–N with tert-alkyl or cyclic N) is 1. The van der Waals surface area contributed by atoms with Crippen molar-refractivity contribution < 1.29 is 9.90 Å². The molecule has 0 unspecified atom stereocenters. The molecule has 1 saturated heterocycles. The number of likely N-dealkylation sites (tertiary alicyclic amines) is 1. The van der Waals surface area contributed by atoms with Gasteiger partial charge in [-0.25, -0.2) is 0 Å². The van der Waals surface area contributed by atoms with Crippen molar-refractivity contribution in [2.75, 3.05) is 19.6 Å². The van der Waals surface area contributed by atoms with E-state index in [-0.39, 0.29) is 11.9 Å². The van der Waals surface area contributed by atoms with E-state index >= 15 is 0 Å². The summed E-state index contributed by atoms with van der Waals surface area (Å²) in [6.45, 7) is 4.48. The number of hydrogen-bond donors (Lipinski definition) is 1. The Balaban J connectivity index is 1.69. The molecule has 126 valence electrons. The number of aliphatic hydroxyl groups excluding tert-OH is 1. The van der Waals surface area contributed by atoms with Crippen molar-refractivity contribution in [2.24, 2.45) is 0 Å². The van der Waals surface area contributed by atoms with Crippen LogP contribution in [0.2, 0.25) is 0 Å². The first-order chi connectivity index (χ1) is 11.7. The molecule has 1 fully saturated rings. The van der Waals surface area contributed by atoms with Gasteiger partial charge in [0.15, 0.2) is 0 Å². The van der Waals surface area contributed by atoms with E-state index in [0.717, 1.165) is 18.7 Å². The second kappa shape index (κ2) is 7.51. The lowest BCUT2D eigenvalue weighted by atomic mass is 10.1. The lowest BCUT2D eigenvalue weighted by molar-refractivity contribution is 0.0757. The third kappa shape index (κ3) is 3.60. The van der Waals surface area contributed by atoms with Crippen molar-refractivity contribution in [2.45, 2.75) is 25.6 Å². The zero-order chi connectivity index (χ0) is 16.9. The van der Waals surface area contributed by atoms with Crippen molar-refractivity contribution in [3.8, 4) is 0 Å². The highest BCUT2D eigenvalue weighted by Crippen LogP contribution is 2.20. The summed E-state index contributed by atoms with van der Waals surface area (Å²) in [5.74, 6) is -0.0791. The molecule has 0 radical (unpaired) electrons. The molecular formula is C18H22N4O2. The van der Waals surface area contributed by atoms with Gasteiger partial charge in [-0.2, -0.15) is 0 Å². The van der Waals surface area contributed by atoms with Crippen molar-refractivity contribution in [3.63, 3.8) is 0 Å². The predicted molar refractivity (Wildman–Crippen MR) is 90.3 cm³/mol. The molecule has 0 bridgehead atoms. The van der Waals surface area contributed by atoms with Crippen LogP contribution in [0.5, 0.6) is 0 Å². The first-order valence-electron chi connectivity index (χ1n) is 8.19. The maximum absolute atomic E-state index is 12.6. The molecule has 2 aromatic heterocycles. The molecule has 1 amide bonds. The first-order valence-corrected chi connectivity index (χ1v) is 8.19. The molecule has 3 rings (SSSR count). The first kappa shape index (κ1) is 16.5. The van der Waals surface area contributed by atoms with Crippen molar-refractivity contribution in [3.05, 3.63) is 60.2 Å². The molecule has 1 aliphatic rings. The summed E-state index contributed by atoms with van der Waals surface area (Å²) in [5.41, 5.74) is 1.71. The Morgan fingerprint density at radius 1 is 1.25 bits per heavy atom. The number of pyridine rings is 2. The lowest BCUT2D eigenvalue weighted by Gasteiger charge is -2.29. The van der Waals surface area contributed by atoms with Crippen LogP contribution in [0.4, 0.5) is 0 Å². The number of aromatic nitrogens is 2. The van der Waals surface area contributed by atoms with E-state index < -0.39 is 6.10 Å². The summed E-state index contributed by atoms with van der Waals surface area (Å²) in [6.07, 6.45) is 6.20. The number of aliphatic hydroxyl groups is 1. The molecule has 0 aliphatic carbocycles. The van der Waals surface area contributed by atoms with Gasteiger partial charge in [0, 0.05) is 44.4 Å². The molecule has 1 N–H and O–H groups in total. The summed E-state index contributed by atoms with van der Waals surface area (Å²) in [5, 5.41) is 10.5. The maximum Gasteiger partial charge on any atom is 0.255 e. The number of hydrogen-bond acceptors (Lipinski definition) is 5. The van der Waals surface area contributed by atoms with E-state index in [0.29, 0.717) is 18.7 Å². The third-order valence-corrected chi connectivity index (χ3v) is 4.46. The Morgan fingerprint density at radius 3 is 2.71 bits per heavy atom. The van der Waals surface area contributed by atoms with Gasteiger partial charge in [-0.3, -0.25) is 19.7 Å². The molecule has 0 spiro atoms. The van der Waals surface area contributed by atoms with Gasteiger partial charge < -0.3 is 10.0 Å². The number of rotatable bonds is 5. The zero-order valence-electron chi connectivity index (χ0n) is 13.7. The highest BCUT2D eigenvalue weighted by atomic mass is 16.3. The molecule has 2 atom stereocenters. The SMILES string of the molecule is CCN(Cc1ccncc1)[C@@H]1CN(C(=O)c2cccnc2)C[C@H]1O. The summed E-state index contributed by atoms with van der Waals surface area (Å²) in [4.78, 5) is 24.5. The van der Waals surface area contributed by atoms with Crippen molar-refractivity contribution >= 4 is 5.91 Å². The fraction of sp³-hybridized carbons (Fsp3) is 0.389. The van der Waals surface area contributed by atoms with Crippen molar-refractivity contribution in [1.82, 2.24) is 19.8 Å². The maximum atomic E-state index is 12.6. The van der Waals surface area contributed by atoms with E-state index in [2.05, 4.69) is 21.8 Å². The third-order valence-electron chi connectivity index (χ3n) is 4.46. The zero-order valence-corrected chi connectivity index (χ0v) is 13.7. The normalized spacial score (nSPS) is 20.5. The minimum absolute atomic E-state index is 0.0659. The molecular weight excluding hydrogens is 304 g/mol. The van der Waals surface area contributed by atoms with E-state index in [4.69, 9.17) is 0 Å². The van der Waals surface area contributed by atoms with Gasteiger partial charge in [0.2, 0.25) is 0 Å². The Kier molecular flexibility index (Phi) is 5.17. The number of nitrogens with zero attached hydrogens (tertiary/aromatic N) is 4. The number of amides is 1. The van der Waals surface area contributed by atoms with Gasteiger partial charge in [-0.15, -0.1) is 0 Å². The Bertz CT molecular complexity index is 665. The van der Waals surface area contributed by atoms with Crippen LogP contribution in [0.25, 0.3) is 0 Å². The van der Waals surface area contributed by atoms with Crippen LogP contribution in [0, 0.1) is 0 Å². The molecule has 1 aliphatic heterocycles. The monoisotopic (exact) mass is 326 g/mol. The molecule has 2 aromatic rings. The quantitative estimate of drug-likeness (QED) is 0.894. The van der Waals surface area contributed by atoms with Crippen LogP contribution in [-0.2, 0) is 6.54 Å². The van der Waals surface area contributed by atoms with Gasteiger partial charge in [-0.1, -0.05) is 6.92 Å². The van der Waals surface area contributed by atoms with E-state index in [1.165, 1.54) is 0 Å². The van der Waals surface area contributed by atoms with E-state index in [9.17, 15) is 9.90 Å². The van der Waals surface area contributed by atoms with Crippen LogP contribution in [-0.4, -0.2) is 62.6 Å². The lowest BCUT2D eigenvalue weighted by Crippen LogP contribution is -2.43. The van der Waals surface area contributed by atoms with Crippen LogP contribution in [0.3, 0.4) is 0 Å². The summed E-state index contributed by atoms with van der Waals surface area (Å²) < 4.78 is 0. The minimum Gasteiger partial charge on any atom is -0.390 e. The number of carbonyl (C=O) groups excluding carboxylic acids is 1. The average Bonchev–Trinajstić information content (AvgIpc) is 3.02. The van der Waals surface area contributed by atoms with Gasteiger partial charge in [0.05, 0.1) is 17.7 Å². The van der Waals surface area contributed by atoms with E-state index in [1.807, 2.05) is 12.1 Å². The van der Waals surface area contributed by atoms with Gasteiger partial charge in [-0.05, 0) is 36.4 Å². The smallest absolute Gasteiger partial charge is 0.255 e. The molecule has 6 nitrogen and oxygen atoms in total. The fourth-order valence-corrected chi connectivity index (χ4v) is 3.15. The summed E-state index contributed by atoms with van der Waals surface area (Å²) >= 11 is 0. The Morgan fingerprint density at radius 2 is 2.04 bits per heavy atom. The Hall–Kier alpha value is -2.31. The highest BCUT2D eigenvalue weighted by molar-refractivity contribution is 5.94. The van der Waals surface area contributed by atoms with Crippen LogP contribution in [0.15, 0.2) is 49.1 Å². The van der Waals surface area contributed by atoms with E-state index in [1.54, 1.807) is 41.8 Å². The standard InChI is InChI=1S/C18H22N4O2/c1-2-21(11-14-5-8-19-9-6-14)16-12-22(13-17(16)23)18(24)15-4-3-7-20-10-15/h3-10,16-17,23H,2,11-13H2,1H3/t16-,17-/m1/s1. The minimum atomic E-state index is -0.549. The molecule has 6 heteroatoms.